The molecule has 1 nitrogen and oxygen atoms in total. The molecule has 0 bridgehead atoms. The molecule has 1 aromatic rings. The second-order valence-corrected chi connectivity index (χ2v) is 3.75. The van der Waals surface area contributed by atoms with E-state index in [2.05, 4.69) is 19.9 Å². The lowest BCUT2D eigenvalue weighted by Crippen LogP contribution is -1.90. The lowest BCUT2D eigenvalue weighted by atomic mass is 10.0. The fourth-order valence-corrected chi connectivity index (χ4v) is 1.66. The summed E-state index contributed by atoms with van der Waals surface area (Å²) < 4.78 is 0. The molecule has 0 saturated heterocycles. The molecular formula is C11H12ClN. The summed E-state index contributed by atoms with van der Waals surface area (Å²) in [5.74, 6) is 0.434. The summed E-state index contributed by atoms with van der Waals surface area (Å²) in [7, 11) is 0. The molecule has 0 aromatic heterocycles. The molecule has 1 rings (SSSR count). The highest BCUT2D eigenvalue weighted by atomic mass is 35.5. The third-order valence-corrected chi connectivity index (χ3v) is 2.30. The van der Waals surface area contributed by atoms with Gasteiger partial charge in [0.1, 0.15) is 0 Å². The molecule has 0 unspecified atom stereocenters. The van der Waals surface area contributed by atoms with Gasteiger partial charge < -0.3 is 0 Å². The Morgan fingerprint density at radius 3 is 2.62 bits per heavy atom. The van der Waals surface area contributed by atoms with Crippen LogP contribution in [0.4, 0.5) is 0 Å². The van der Waals surface area contributed by atoms with Crippen LogP contribution in [0.15, 0.2) is 18.2 Å². The minimum Gasteiger partial charge on any atom is -0.198 e. The maximum absolute atomic E-state index is 8.50. The average Bonchev–Trinajstić information content (AvgIpc) is 2.04. The molecule has 0 aliphatic heterocycles. The third-order valence-electron chi connectivity index (χ3n) is 1.97. The summed E-state index contributed by atoms with van der Waals surface area (Å²) >= 11 is 6.05. The van der Waals surface area contributed by atoms with Crippen LogP contribution >= 0.6 is 11.6 Å². The van der Waals surface area contributed by atoms with Crippen molar-refractivity contribution < 1.29 is 0 Å². The van der Waals surface area contributed by atoms with E-state index in [1.807, 2.05) is 18.2 Å². The lowest BCUT2D eigenvalue weighted by molar-refractivity contribution is 0.866. The summed E-state index contributed by atoms with van der Waals surface area (Å²) in [5, 5.41) is 9.26. The van der Waals surface area contributed by atoms with Gasteiger partial charge in [-0.15, -0.1) is 0 Å². The van der Waals surface area contributed by atoms with Crippen molar-refractivity contribution in [3.63, 3.8) is 0 Å². The summed E-state index contributed by atoms with van der Waals surface area (Å²) in [6, 6.07) is 7.94. The van der Waals surface area contributed by atoms with Crippen LogP contribution in [-0.2, 0) is 6.42 Å². The first kappa shape index (κ1) is 10.1. The van der Waals surface area contributed by atoms with Crippen molar-refractivity contribution in [1.82, 2.24) is 0 Å². The molecule has 0 heterocycles. The number of nitrogens with zero attached hydrogens (tertiary/aromatic N) is 1. The molecule has 0 N–H and O–H groups in total. The van der Waals surface area contributed by atoms with Gasteiger partial charge in [-0.25, -0.2) is 0 Å². The first-order valence-corrected chi connectivity index (χ1v) is 4.68. The molecule has 0 fully saturated rings. The molecular weight excluding hydrogens is 182 g/mol. The van der Waals surface area contributed by atoms with E-state index in [0.717, 1.165) is 16.1 Å². The Bertz CT molecular complexity index is 336. The van der Waals surface area contributed by atoms with E-state index in [-0.39, 0.29) is 0 Å². The van der Waals surface area contributed by atoms with E-state index in [1.54, 1.807) is 0 Å². The molecule has 2 heteroatoms. The molecule has 0 spiro atoms. The standard InChI is InChI=1S/C11H12ClN/c1-8(2)10-4-3-9(5-6-13)7-11(10)12/h3-4,7-8H,5H2,1-2H3. The fraction of sp³-hybridized carbons (Fsp3) is 0.364. The van der Waals surface area contributed by atoms with Crippen LogP contribution < -0.4 is 0 Å². The van der Waals surface area contributed by atoms with E-state index < -0.39 is 0 Å². The van der Waals surface area contributed by atoms with Crippen LogP contribution in [0.3, 0.4) is 0 Å². The van der Waals surface area contributed by atoms with Gasteiger partial charge in [0, 0.05) is 5.02 Å². The zero-order chi connectivity index (χ0) is 9.84. The van der Waals surface area contributed by atoms with Crippen molar-refractivity contribution in [2.75, 3.05) is 0 Å². The van der Waals surface area contributed by atoms with Crippen molar-refractivity contribution in [3.05, 3.63) is 34.3 Å². The first-order valence-electron chi connectivity index (χ1n) is 4.30. The highest BCUT2D eigenvalue weighted by Gasteiger charge is 2.04. The molecule has 0 atom stereocenters. The quantitative estimate of drug-likeness (QED) is 0.705. The first-order chi connectivity index (χ1) is 6.15. The van der Waals surface area contributed by atoms with Gasteiger partial charge in [0.2, 0.25) is 0 Å². The van der Waals surface area contributed by atoms with Gasteiger partial charge in [-0.2, -0.15) is 5.26 Å². The number of nitriles is 1. The van der Waals surface area contributed by atoms with Gasteiger partial charge in [0.05, 0.1) is 12.5 Å². The lowest BCUT2D eigenvalue weighted by Gasteiger charge is -2.08. The van der Waals surface area contributed by atoms with Crippen molar-refractivity contribution in [2.24, 2.45) is 0 Å². The van der Waals surface area contributed by atoms with E-state index in [0.29, 0.717) is 12.3 Å². The Balaban J connectivity index is 3.00. The summed E-state index contributed by atoms with van der Waals surface area (Å²) in [4.78, 5) is 0. The van der Waals surface area contributed by atoms with Crippen LogP contribution in [0.1, 0.15) is 30.9 Å². The van der Waals surface area contributed by atoms with Crippen LogP contribution in [0, 0.1) is 11.3 Å². The normalized spacial score (nSPS) is 10.1. The van der Waals surface area contributed by atoms with Gasteiger partial charge >= 0.3 is 0 Å². The van der Waals surface area contributed by atoms with Gasteiger partial charge in [-0.3, -0.25) is 0 Å². The molecule has 0 aliphatic carbocycles. The van der Waals surface area contributed by atoms with Gasteiger partial charge in [-0.1, -0.05) is 37.6 Å². The topological polar surface area (TPSA) is 23.8 Å². The Kier molecular flexibility index (Phi) is 3.33. The van der Waals surface area contributed by atoms with Gasteiger partial charge in [-0.05, 0) is 23.1 Å². The third kappa shape index (κ3) is 2.47. The zero-order valence-corrected chi connectivity index (χ0v) is 8.60. The molecule has 13 heavy (non-hydrogen) atoms. The molecule has 68 valence electrons. The monoisotopic (exact) mass is 193 g/mol. The number of hydrogen-bond donors (Lipinski definition) is 0. The number of hydrogen-bond acceptors (Lipinski definition) is 1. The van der Waals surface area contributed by atoms with Crippen LogP contribution in [0.25, 0.3) is 0 Å². The van der Waals surface area contributed by atoms with E-state index in [4.69, 9.17) is 16.9 Å². The molecule has 1 aromatic carbocycles. The Labute approximate surface area is 84.0 Å². The predicted octanol–water partition coefficient (Wildman–Crippen LogP) is 3.53. The summed E-state index contributed by atoms with van der Waals surface area (Å²) in [6.45, 7) is 4.20. The summed E-state index contributed by atoms with van der Waals surface area (Å²) in [5.41, 5.74) is 2.13. The van der Waals surface area contributed by atoms with Crippen molar-refractivity contribution in [2.45, 2.75) is 26.2 Å². The van der Waals surface area contributed by atoms with E-state index >= 15 is 0 Å². The largest absolute Gasteiger partial charge is 0.198 e. The highest BCUT2D eigenvalue weighted by Crippen LogP contribution is 2.25. The Morgan fingerprint density at radius 2 is 2.15 bits per heavy atom. The van der Waals surface area contributed by atoms with Crippen LogP contribution in [-0.4, -0.2) is 0 Å². The highest BCUT2D eigenvalue weighted by molar-refractivity contribution is 6.31. The Hall–Kier alpha value is -1.00. The number of rotatable bonds is 2. The van der Waals surface area contributed by atoms with Gasteiger partial charge in [0.15, 0.2) is 0 Å². The van der Waals surface area contributed by atoms with Crippen LogP contribution in [0.5, 0.6) is 0 Å². The smallest absolute Gasteiger partial charge is 0.0669 e. The van der Waals surface area contributed by atoms with Crippen molar-refractivity contribution >= 4 is 11.6 Å². The maximum Gasteiger partial charge on any atom is 0.0669 e. The molecule has 0 radical (unpaired) electrons. The minimum atomic E-state index is 0.429. The van der Waals surface area contributed by atoms with Crippen molar-refractivity contribution in [1.29, 1.82) is 5.26 Å². The second kappa shape index (κ2) is 4.30. The number of halogens is 1. The minimum absolute atomic E-state index is 0.429. The molecule has 0 amide bonds. The SMILES string of the molecule is CC(C)c1ccc(CC#N)cc1Cl. The zero-order valence-electron chi connectivity index (χ0n) is 7.84. The van der Waals surface area contributed by atoms with E-state index in [1.165, 1.54) is 0 Å². The maximum atomic E-state index is 8.50. The number of benzene rings is 1. The fourth-order valence-electron chi connectivity index (χ4n) is 1.24. The van der Waals surface area contributed by atoms with Crippen molar-refractivity contribution in [3.8, 4) is 6.07 Å². The van der Waals surface area contributed by atoms with Crippen LogP contribution in [0.2, 0.25) is 5.02 Å². The molecule has 0 saturated carbocycles. The summed E-state index contributed by atoms with van der Waals surface area (Å²) in [6.07, 6.45) is 0.429. The Morgan fingerprint density at radius 1 is 1.46 bits per heavy atom. The van der Waals surface area contributed by atoms with E-state index in [9.17, 15) is 0 Å². The predicted molar refractivity (Wildman–Crippen MR) is 54.9 cm³/mol. The molecule has 0 aliphatic rings. The van der Waals surface area contributed by atoms with Gasteiger partial charge in [0.25, 0.3) is 0 Å². The average molecular weight is 194 g/mol. The second-order valence-electron chi connectivity index (χ2n) is 3.35.